The minimum atomic E-state index is -0.824. The number of rotatable bonds is 6. The van der Waals surface area contributed by atoms with Gasteiger partial charge in [0.15, 0.2) is 0 Å². The van der Waals surface area contributed by atoms with Crippen molar-refractivity contribution in [2.75, 3.05) is 6.61 Å². The first-order valence-electron chi connectivity index (χ1n) is 9.47. The molecule has 1 aromatic rings. The molecule has 0 aromatic heterocycles. The van der Waals surface area contributed by atoms with E-state index < -0.39 is 5.97 Å². The Balaban J connectivity index is 0.00000243. The van der Waals surface area contributed by atoms with E-state index in [9.17, 15) is 4.79 Å². The molecule has 0 bridgehead atoms. The predicted octanol–water partition coefficient (Wildman–Crippen LogP) is 4.36. The number of hydrogen-bond donors (Lipinski definition) is 1. The van der Waals surface area contributed by atoms with E-state index in [2.05, 4.69) is 11.8 Å². The van der Waals surface area contributed by atoms with Crippen LogP contribution in [0.5, 0.6) is 5.75 Å². The van der Waals surface area contributed by atoms with Gasteiger partial charge in [-0.05, 0) is 68.1 Å². The van der Waals surface area contributed by atoms with Crippen LogP contribution in [0.3, 0.4) is 0 Å². The Hall–Kier alpha value is -0.950. The van der Waals surface area contributed by atoms with E-state index in [1.165, 1.54) is 44.9 Å². The van der Waals surface area contributed by atoms with Crippen molar-refractivity contribution in [3.05, 3.63) is 29.8 Å². The van der Waals surface area contributed by atoms with Crippen LogP contribution >= 0.6 is 0 Å². The fourth-order valence-electron chi connectivity index (χ4n) is 4.66. The molecule has 136 valence electrons. The van der Waals surface area contributed by atoms with E-state index in [1.54, 1.807) is 6.92 Å². The zero-order valence-electron chi connectivity index (χ0n) is 15.1. The second-order valence-electron chi connectivity index (χ2n) is 7.74. The number of ether oxygens (including phenoxy) is 1. The van der Waals surface area contributed by atoms with Gasteiger partial charge in [-0.3, -0.25) is 4.79 Å². The summed E-state index contributed by atoms with van der Waals surface area (Å²) in [4.78, 5) is 11.0. The van der Waals surface area contributed by atoms with Crippen LogP contribution in [0.2, 0.25) is 0 Å². The van der Waals surface area contributed by atoms with Gasteiger partial charge < -0.3 is 9.84 Å². The van der Waals surface area contributed by atoms with Crippen molar-refractivity contribution in [3.63, 3.8) is 0 Å². The van der Waals surface area contributed by atoms with Crippen LogP contribution in [0.25, 0.3) is 0 Å². The Morgan fingerprint density at radius 3 is 2.58 bits per heavy atom. The third-order valence-corrected chi connectivity index (χ3v) is 5.93. The Kier molecular flexibility index (Phi) is 8.07. The molecule has 0 heterocycles. The molecule has 1 spiro atoms. The summed E-state index contributed by atoms with van der Waals surface area (Å²) >= 11 is 0. The summed E-state index contributed by atoms with van der Waals surface area (Å²) in [5, 5.41) is 9.03. The Morgan fingerprint density at radius 2 is 1.96 bits per heavy atom. The number of benzene rings is 1. The maximum atomic E-state index is 11.0. The first-order chi connectivity index (χ1) is 12.1. The summed E-state index contributed by atoms with van der Waals surface area (Å²) in [6.07, 6.45) is 9.70. The maximum absolute atomic E-state index is 11.0. The molecule has 1 N–H and O–H groups in total. The number of carbonyl (C=O) groups is 1. The SMILES string of the molecule is CC#C[C@@H](CC(=O)O)c1ccc(OCC2CCC3(CCCC3)C2)cc1.[NaH]. The fraction of sp³-hybridized carbons (Fsp3) is 0.591. The Bertz CT molecular complexity index is 650. The first-order valence-corrected chi connectivity index (χ1v) is 9.47. The standard InChI is InChI=1S/C22H28O3.Na.H/c1-2-5-19(14-21(23)24)18-6-8-20(9-7-18)25-16-17-10-13-22(15-17)11-3-4-12-22;;/h6-9,17,19H,3-4,10-16H2,1H3,(H,23,24);;/t17?,19-;;/m0../s1. The van der Waals surface area contributed by atoms with Crippen molar-refractivity contribution < 1.29 is 14.6 Å². The van der Waals surface area contributed by atoms with Gasteiger partial charge in [0.2, 0.25) is 0 Å². The number of hydrogen-bond acceptors (Lipinski definition) is 2. The van der Waals surface area contributed by atoms with Crippen molar-refractivity contribution in [2.45, 2.75) is 64.2 Å². The zero-order valence-corrected chi connectivity index (χ0v) is 15.1. The second kappa shape index (κ2) is 9.83. The number of aliphatic carboxylic acids is 1. The Morgan fingerprint density at radius 1 is 1.27 bits per heavy atom. The van der Waals surface area contributed by atoms with Crippen LogP contribution in [0.1, 0.15) is 69.8 Å². The number of carboxylic acids is 1. The third-order valence-electron chi connectivity index (χ3n) is 5.93. The summed E-state index contributed by atoms with van der Waals surface area (Å²) in [5.41, 5.74) is 1.58. The number of carboxylic acid groups (broad SMARTS) is 1. The molecule has 1 aromatic carbocycles. The molecule has 0 amide bonds. The topological polar surface area (TPSA) is 46.5 Å². The average molecular weight is 364 g/mol. The van der Waals surface area contributed by atoms with Crippen molar-refractivity contribution >= 4 is 35.5 Å². The van der Waals surface area contributed by atoms with Crippen molar-refractivity contribution in [1.29, 1.82) is 0 Å². The van der Waals surface area contributed by atoms with Crippen LogP contribution < -0.4 is 4.74 Å². The van der Waals surface area contributed by atoms with Crippen LogP contribution in [-0.4, -0.2) is 47.2 Å². The van der Waals surface area contributed by atoms with E-state index in [-0.39, 0.29) is 41.9 Å². The Labute approximate surface area is 179 Å². The molecule has 0 radical (unpaired) electrons. The van der Waals surface area contributed by atoms with Crippen molar-refractivity contribution in [2.24, 2.45) is 11.3 Å². The van der Waals surface area contributed by atoms with E-state index >= 15 is 0 Å². The molecule has 3 rings (SSSR count). The van der Waals surface area contributed by atoms with Gasteiger partial charge in [0.1, 0.15) is 5.75 Å². The summed E-state index contributed by atoms with van der Waals surface area (Å²) < 4.78 is 6.02. The van der Waals surface area contributed by atoms with E-state index in [0.717, 1.165) is 17.9 Å². The molecule has 0 saturated heterocycles. The van der Waals surface area contributed by atoms with E-state index in [4.69, 9.17) is 9.84 Å². The summed E-state index contributed by atoms with van der Waals surface area (Å²) in [6.45, 7) is 2.54. The molecule has 3 nitrogen and oxygen atoms in total. The second-order valence-corrected chi connectivity index (χ2v) is 7.74. The van der Waals surface area contributed by atoms with Gasteiger partial charge >= 0.3 is 35.5 Å². The monoisotopic (exact) mass is 364 g/mol. The molecule has 2 aliphatic rings. The van der Waals surface area contributed by atoms with E-state index in [0.29, 0.717) is 11.3 Å². The molecule has 1 unspecified atom stereocenters. The first kappa shape index (κ1) is 21.4. The molecule has 26 heavy (non-hydrogen) atoms. The molecular weight excluding hydrogens is 335 g/mol. The summed E-state index contributed by atoms with van der Waals surface area (Å²) in [6, 6.07) is 7.78. The van der Waals surface area contributed by atoms with Crippen LogP contribution in [0.4, 0.5) is 0 Å². The molecule has 2 saturated carbocycles. The normalized spacial score (nSPS) is 21.5. The van der Waals surface area contributed by atoms with Gasteiger partial charge in [-0.1, -0.05) is 30.9 Å². The summed E-state index contributed by atoms with van der Waals surface area (Å²) in [7, 11) is 0. The van der Waals surface area contributed by atoms with Gasteiger partial charge in [0, 0.05) is 0 Å². The van der Waals surface area contributed by atoms with Crippen LogP contribution in [0.15, 0.2) is 24.3 Å². The molecule has 4 heteroatoms. The van der Waals surface area contributed by atoms with Gasteiger partial charge in [-0.2, -0.15) is 0 Å². The van der Waals surface area contributed by atoms with Crippen LogP contribution in [0, 0.1) is 23.2 Å². The van der Waals surface area contributed by atoms with Crippen molar-refractivity contribution in [3.8, 4) is 17.6 Å². The molecule has 2 atom stereocenters. The van der Waals surface area contributed by atoms with Crippen molar-refractivity contribution in [1.82, 2.24) is 0 Å². The third kappa shape index (κ3) is 5.52. The average Bonchev–Trinajstić information content (AvgIpc) is 3.23. The van der Waals surface area contributed by atoms with E-state index in [1.807, 2.05) is 24.3 Å². The minimum absolute atomic E-state index is 0. The quantitative estimate of drug-likeness (QED) is 0.603. The summed E-state index contributed by atoms with van der Waals surface area (Å²) in [5.74, 6) is 6.28. The predicted molar refractivity (Wildman–Crippen MR) is 106 cm³/mol. The van der Waals surface area contributed by atoms with Gasteiger partial charge in [0.05, 0.1) is 18.9 Å². The fourth-order valence-corrected chi connectivity index (χ4v) is 4.66. The van der Waals surface area contributed by atoms with Gasteiger partial charge in [-0.15, -0.1) is 5.92 Å². The van der Waals surface area contributed by atoms with Gasteiger partial charge in [0.25, 0.3) is 0 Å². The van der Waals surface area contributed by atoms with Crippen LogP contribution in [-0.2, 0) is 4.79 Å². The molecule has 0 aliphatic heterocycles. The molecule has 2 fully saturated rings. The molecular formula is C22H29NaO3. The zero-order chi connectivity index (χ0) is 17.7. The van der Waals surface area contributed by atoms with Gasteiger partial charge in [-0.25, -0.2) is 0 Å². The molecule has 2 aliphatic carbocycles.